The van der Waals surface area contributed by atoms with Crippen molar-refractivity contribution < 1.29 is 22.0 Å². The summed E-state index contributed by atoms with van der Waals surface area (Å²) in [7, 11) is 0. The quantitative estimate of drug-likeness (QED) is 0.485. The minimum absolute atomic E-state index is 0.149. The van der Waals surface area contributed by atoms with Crippen molar-refractivity contribution in [2.45, 2.75) is 12.6 Å². The SMILES string of the molecule is Nc1cc(C(F)F)c(C(F)(F)F)nc1I. The molecule has 1 aromatic rings. The molecule has 0 bridgehead atoms. The number of nitrogens with zero attached hydrogens (tertiary/aromatic N) is 1. The second-order valence-electron chi connectivity index (χ2n) is 2.60. The minimum Gasteiger partial charge on any atom is -0.397 e. The van der Waals surface area contributed by atoms with Crippen LogP contribution in [0.15, 0.2) is 6.07 Å². The number of halogens is 6. The fourth-order valence-electron chi connectivity index (χ4n) is 0.916. The van der Waals surface area contributed by atoms with Crippen molar-refractivity contribution in [1.82, 2.24) is 4.98 Å². The molecule has 1 aromatic heterocycles. The predicted molar refractivity (Wildman–Crippen MR) is 51.3 cm³/mol. The van der Waals surface area contributed by atoms with Crippen LogP contribution in [-0.2, 0) is 6.18 Å². The van der Waals surface area contributed by atoms with E-state index in [0.29, 0.717) is 6.07 Å². The molecule has 0 saturated carbocycles. The van der Waals surface area contributed by atoms with Gasteiger partial charge in [0.05, 0.1) is 11.3 Å². The molecule has 2 N–H and O–H groups in total. The summed E-state index contributed by atoms with van der Waals surface area (Å²) < 4.78 is 61.2. The molecule has 0 aliphatic rings. The van der Waals surface area contributed by atoms with E-state index in [1.165, 1.54) is 22.6 Å². The number of nitrogen functional groups attached to an aromatic ring is 1. The first kappa shape index (κ1) is 12.4. The van der Waals surface area contributed by atoms with E-state index in [-0.39, 0.29) is 9.39 Å². The highest BCUT2D eigenvalue weighted by atomic mass is 127. The summed E-state index contributed by atoms with van der Waals surface area (Å²) in [6.45, 7) is 0. The summed E-state index contributed by atoms with van der Waals surface area (Å²) in [5.41, 5.74) is 2.22. The molecule has 2 nitrogen and oxygen atoms in total. The normalized spacial score (nSPS) is 12.2. The maximum Gasteiger partial charge on any atom is 0.433 e. The molecule has 8 heteroatoms. The fourth-order valence-corrected chi connectivity index (χ4v) is 1.31. The molecule has 0 atom stereocenters. The van der Waals surface area contributed by atoms with E-state index < -0.39 is 23.9 Å². The third-order valence-corrected chi connectivity index (χ3v) is 2.40. The molecule has 0 saturated heterocycles. The monoisotopic (exact) mass is 338 g/mol. The number of pyridine rings is 1. The smallest absolute Gasteiger partial charge is 0.397 e. The first-order chi connectivity index (χ1) is 6.73. The van der Waals surface area contributed by atoms with E-state index in [9.17, 15) is 22.0 Å². The molecular formula is C7H4F5IN2. The molecule has 1 rings (SSSR count). The lowest BCUT2D eigenvalue weighted by Gasteiger charge is -2.12. The summed E-state index contributed by atoms with van der Waals surface area (Å²) >= 11 is 1.45. The molecule has 84 valence electrons. The molecule has 0 spiro atoms. The van der Waals surface area contributed by atoms with Gasteiger partial charge in [0.15, 0.2) is 5.69 Å². The van der Waals surface area contributed by atoms with E-state index in [4.69, 9.17) is 5.73 Å². The lowest BCUT2D eigenvalue weighted by atomic mass is 10.2. The Bertz CT molecular complexity index is 376. The number of hydrogen-bond donors (Lipinski definition) is 1. The van der Waals surface area contributed by atoms with Gasteiger partial charge in [0, 0.05) is 0 Å². The summed E-state index contributed by atoms with van der Waals surface area (Å²) in [6.07, 6.45) is -8.16. The number of nitrogens with two attached hydrogens (primary N) is 1. The Morgan fingerprint density at radius 1 is 1.33 bits per heavy atom. The summed E-state index contributed by atoms with van der Waals surface area (Å²) in [5, 5.41) is 0. The average molecular weight is 338 g/mol. The van der Waals surface area contributed by atoms with E-state index in [0.717, 1.165) is 0 Å². The number of alkyl halides is 5. The molecule has 0 unspecified atom stereocenters. The van der Waals surface area contributed by atoms with Crippen molar-refractivity contribution >= 4 is 28.3 Å². The van der Waals surface area contributed by atoms with Crippen LogP contribution in [0.5, 0.6) is 0 Å². The van der Waals surface area contributed by atoms with Crippen LogP contribution >= 0.6 is 22.6 Å². The number of rotatable bonds is 1. The lowest BCUT2D eigenvalue weighted by molar-refractivity contribution is -0.143. The van der Waals surface area contributed by atoms with Gasteiger partial charge in [-0.2, -0.15) is 13.2 Å². The van der Waals surface area contributed by atoms with Crippen molar-refractivity contribution in [2.24, 2.45) is 0 Å². The van der Waals surface area contributed by atoms with Crippen LogP contribution in [0.3, 0.4) is 0 Å². The topological polar surface area (TPSA) is 38.9 Å². The molecular weight excluding hydrogens is 334 g/mol. The molecule has 0 aliphatic carbocycles. The molecule has 15 heavy (non-hydrogen) atoms. The van der Waals surface area contributed by atoms with Gasteiger partial charge in [0.25, 0.3) is 6.43 Å². The van der Waals surface area contributed by atoms with Crippen LogP contribution in [0.25, 0.3) is 0 Å². The van der Waals surface area contributed by atoms with Crippen molar-refractivity contribution in [1.29, 1.82) is 0 Å². The maximum atomic E-state index is 12.3. The Morgan fingerprint density at radius 3 is 2.27 bits per heavy atom. The van der Waals surface area contributed by atoms with Crippen LogP contribution in [0.4, 0.5) is 27.6 Å². The fraction of sp³-hybridized carbons (Fsp3) is 0.286. The van der Waals surface area contributed by atoms with Gasteiger partial charge in [-0.1, -0.05) is 0 Å². The molecule has 0 amide bonds. The first-order valence-corrected chi connectivity index (χ1v) is 4.62. The average Bonchev–Trinajstić information content (AvgIpc) is 2.06. The lowest BCUT2D eigenvalue weighted by Crippen LogP contribution is -2.14. The number of hydrogen-bond acceptors (Lipinski definition) is 2. The highest BCUT2D eigenvalue weighted by Gasteiger charge is 2.38. The summed E-state index contributed by atoms with van der Waals surface area (Å²) in [4.78, 5) is 3.02. The van der Waals surface area contributed by atoms with Crippen molar-refractivity contribution in [3.8, 4) is 0 Å². The maximum absolute atomic E-state index is 12.3. The van der Waals surface area contributed by atoms with Crippen LogP contribution in [0.2, 0.25) is 0 Å². The van der Waals surface area contributed by atoms with E-state index >= 15 is 0 Å². The Hall–Kier alpha value is -0.670. The Kier molecular flexibility index (Phi) is 3.36. The number of aromatic nitrogens is 1. The van der Waals surface area contributed by atoms with Gasteiger partial charge in [-0.15, -0.1) is 0 Å². The highest BCUT2D eigenvalue weighted by Crippen LogP contribution is 2.36. The zero-order chi connectivity index (χ0) is 11.8. The standard InChI is InChI=1S/C7H4F5IN2/c8-5(9)2-1-3(14)6(13)15-4(2)7(10,11)12/h1,5H,14H2. The van der Waals surface area contributed by atoms with Gasteiger partial charge >= 0.3 is 6.18 Å². The Morgan fingerprint density at radius 2 is 1.87 bits per heavy atom. The van der Waals surface area contributed by atoms with Crippen molar-refractivity contribution in [2.75, 3.05) is 5.73 Å². The molecule has 0 radical (unpaired) electrons. The third kappa shape index (κ3) is 2.67. The highest BCUT2D eigenvalue weighted by molar-refractivity contribution is 14.1. The minimum atomic E-state index is -4.90. The Balaban J connectivity index is 3.42. The van der Waals surface area contributed by atoms with Crippen LogP contribution in [-0.4, -0.2) is 4.98 Å². The summed E-state index contributed by atoms with van der Waals surface area (Å²) in [5.74, 6) is 0. The van der Waals surface area contributed by atoms with Gasteiger partial charge in [-0.05, 0) is 28.7 Å². The van der Waals surface area contributed by atoms with Gasteiger partial charge in [0.1, 0.15) is 3.70 Å². The second kappa shape index (κ2) is 4.06. The molecule has 0 aliphatic heterocycles. The number of anilines is 1. The van der Waals surface area contributed by atoms with Gasteiger partial charge in [-0.25, -0.2) is 13.8 Å². The first-order valence-electron chi connectivity index (χ1n) is 3.54. The zero-order valence-corrected chi connectivity index (χ0v) is 9.10. The van der Waals surface area contributed by atoms with E-state index in [1.807, 2.05) is 0 Å². The van der Waals surface area contributed by atoms with Crippen LogP contribution in [0, 0.1) is 3.70 Å². The van der Waals surface area contributed by atoms with Crippen molar-refractivity contribution in [3.05, 3.63) is 21.0 Å². The van der Waals surface area contributed by atoms with Crippen LogP contribution < -0.4 is 5.73 Å². The van der Waals surface area contributed by atoms with Gasteiger partial charge in [-0.3, -0.25) is 0 Å². The zero-order valence-electron chi connectivity index (χ0n) is 6.95. The van der Waals surface area contributed by atoms with Gasteiger partial charge < -0.3 is 5.73 Å². The van der Waals surface area contributed by atoms with Crippen LogP contribution in [0.1, 0.15) is 17.7 Å². The summed E-state index contributed by atoms with van der Waals surface area (Å²) in [6, 6.07) is 0.599. The largest absolute Gasteiger partial charge is 0.433 e. The third-order valence-electron chi connectivity index (χ3n) is 1.54. The second-order valence-corrected chi connectivity index (χ2v) is 3.63. The van der Waals surface area contributed by atoms with E-state index in [2.05, 4.69) is 4.98 Å². The predicted octanol–water partition coefficient (Wildman–Crippen LogP) is 3.22. The van der Waals surface area contributed by atoms with E-state index in [1.54, 1.807) is 0 Å². The Labute approximate surface area is 94.8 Å². The molecule has 0 fully saturated rings. The van der Waals surface area contributed by atoms with Crippen molar-refractivity contribution in [3.63, 3.8) is 0 Å². The molecule has 1 heterocycles. The van der Waals surface area contributed by atoms with Gasteiger partial charge in [0.2, 0.25) is 0 Å². The molecule has 0 aromatic carbocycles.